The largest absolute Gasteiger partial charge is 0.494 e. The first-order chi connectivity index (χ1) is 43.9. The van der Waals surface area contributed by atoms with Gasteiger partial charge in [0.2, 0.25) is 5.75 Å². The van der Waals surface area contributed by atoms with E-state index in [0.717, 1.165) is 98.9 Å². The van der Waals surface area contributed by atoms with Gasteiger partial charge in [-0.3, -0.25) is 4.79 Å². The van der Waals surface area contributed by atoms with Gasteiger partial charge in [-0.15, -0.1) is 0 Å². The molecule has 2 aromatic carbocycles. The Morgan fingerprint density at radius 1 is 0.522 bits per heavy atom. The highest BCUT2D eigenvalue weighted by atomic mass is 16.6. The summed E-state index contributed by atoms with van der Waals surface area (Å²) in [5.41, 5.74) is 3.05. The van der Waals surface area contributed by atoms with E-state index >= 15 is 0 Å². The maximum Gasteiger partial charge on any atom is 0.336 e. The molecule has 0 unspecified atom stereocenters. The number of allylic oxidation sites excluding steroid dienone is 1. The number of unbranched alkanes of at least 4 members (excludes halogenated alkanes) is 27. The SMILES string of the molecule is CCCCCCCCCCCCOc1ccc(/C=C/C(=O)Oc2ccc(OCCCC(=O)O[C@H]3CC[C@@]4(C)C(=CC[C@H]5[C@@H]6CC[C@H]([C@H](C)CCCC(C)C)[C@@]6(C)CC[C@@H]54)C3)cc2)c(OCCCCCCCCCCCC)c1OCCCCCCCCCCCC. The minimum Gasteiger partial charge on any atom is -0.494 e. The molecule has 0 bridgehead atoms. The van der Waals surface area contributed by atoms with Crippen molar-refractivity contribution in [2.45, 2.75) is 338 Å². The van der Waals surface area contributed by atoms with Crippen LogP contribution in [0.2, 0.25) is 0 Å². The predicted molar refractivity (Wildman–Crippen MR) is 377 cm³/mol. The summed E-state index contributed by atoms with van der Waals surface area (Å²) < 4.78 is 38.0. The monoisotopic (exact) mass is 1250 g/mol. The summed E-state index contributed by atoms with van der Waals surface area (Å²) in [6, 6.07) is 11.1. The van der Waals surface area contributed by atoms with Crippen molar-refractivity contribution in [3.8, 4) is 28.7 Å². The molecule has 0 saturated heterocycles. The van der Waals surface area contributed by atoms with Crippen LogP contribution in [0.4, 0.5) is 0 Å². The van der Waals surface area contributed by atoms with E-state index in [1.54, 1.807) is 23.8 Å². The van der Waals surface area contributed by atoms with Gasteiger partial charge in [-0.2, -0.15) is 0 Å². The van der Waals surface area contributed by atoms with Crippen molar-refractivity contribution in [1.29, 1.82) is 0 Å². The number of fused-ring (bicyclic) bond motifs is 5. The maximum absolute atomic E-state index is 13.5. The van der Waals surface area contributed by atoms with Gasteiger partial charge < -0.3 is 28.4 Å². The highest BCUT2D eigenvalue weighted by Gasteiger charge is 2.59. The Labute approximate surface area is 552 Å². The van der Waals surface area contributed by atoms with E-state index < -0.39 is 5.97 Å². The van der Waals surface area contributed by atoms with Crippen molar-refractivity contribution in [1.82, 2.24) is 0 Å². The van der Waals surface area contributed by atoms with Crippen LogP contribution in [0.5, 0.6) is 28.7 Å². The van der Waals surface area contributed by atoms with Gasteiger partial charge in [-0.05, 0) is 159 Å². The zero-order chi connectivity index (χ0) is 64.1. The molecule has 4 aliphatic carbocycles. The minimum atomic E-state index is -0.486. The van der Waals surface area contributed by atoms with E-state index in [1.807, 2.05) is 24.3 Å². The molecule has 4 aliphatic rings. The molecular weight excluding hydrogens is 1110 g/mol. The number of benzene rings is 2. The first kappa shape index (κ1) is 75.1. The standard InChI is InChI=1S/C82H134O8/c1-9-12-15-18-21-24-27-30-33-36-60-86-76-54-44-67(79(87-61-37-34-31-28-25-22-19-16-13-10-2)80(76)88-62-38-35-32-29-26-23-20-17-14-11-3)45-55-78(84)89-70-49-47-69(48-50-70)85-63-40-43-77(83)90-71-56-58-81(7)68(64-71)46-51-72-74-53-52-73(66(6)42-39-41-65(4)5)82(74,8)59-57-75(72)81/h44-50,54-55,65-66,71-75H,9-43,51-53,56-64H2,1-8H3/b55-45+/t66-,71+,72+,73-,74+,75+,81+,82-/m1/s1. The molecule has 510 valence electrons. The van der Waals surface area contributed by atoms with Gasteiger partial charge in [0, 0.05) is 24.5 Å². The Bertz CT molecular complexity index is 2320. The molecule has 0 amide bonds. The number of carbonyl (C=O) groups excluding carboxylic acids is 2. The zero-order valence-corrected chi connectivity index (χ0v) is 59.2. The fourth-order valence-corrected chi connectivity index (χ4v) is 16.7. The molecule has 8 nitrogen and oxygen atoms in total. The first-order valence-corrected chi connectivity index (χ1v) is 38.5. The molecule has 2 aromatic rings. The van der Waals surface area contributed by atoms with Crippen molar-refractivity contribution in [3.05, 3.63) is 59.7 Å². The summed E-state index contributed by atoms with van der Waals surface area (Å²) in [6.45, 7) is 21.6. The van der Waals surface area contributed by atoms with Gasteiger partial charge in [0.15, 0.2) is 11.5 Å². The smallest absolute Gasteiger partial charge is 0.336 e. The van der Waals surface area contributed by atoms with Crippen molar-refractivity contribution in [2.24, 2.45) is 46.3 Å². The van der Waals surface area contributed by atoms with Crippen LogP contribution in [0.1, 0.15) is 337 Å². The van der Waals surface area contributed by atoms with E-state index in [9.17, 15) is 9.59 Å². The number of esters is 2. The summed E-state index contributed by atoms with van der Waals surface area (Å²) >= 11 is 0. The number of rotatable bonds is 50. The fourth-order valence-electron chi connectivity index (χ4n) is 16.7. The molecule has 8 atom stereocenters. The van der Waals surface area contributed by atoms with Crippen molar-refractivity contribution < 1.29 is 38.0 Å². The maximum atomic E-state index is 13.5. The molecule has 0 N–H and O–H groups in total. The number of hydrogen-bond donors (Lipinski definition) is 0. The normalized spacial score (nSPS) is 22.4. The number of ether oxygens (including phenoxy) is 6. The lowest BCUT2D eigenvalue weighted by molar-refractivity contribution is -0.151. The van der Waals surface area contributed by atoms with Crippen LogP contribution in [0.25, 0.3) is 6.08 Å². The van der Waals surface area contributed by atoms with Crippen molar-refractivity contribution in [2.75, 3.05) is 26.4 Å². The average Bonchev–Trinajstić information content (AvgIpc) is 1.37. The van der Waals surface area contributed by atoms with Crippen LogP contribution in [0, 0.1) is 46.3 Å². The lowest BCUT2D eigenvalue weighted by atomic mass is 9.47. The van der Waals surface area contributed by atoms with Crippen molar-refractivity contribution >= 4 is 18.0 Å². The molecule has 8 heteroatoms. The summed E-state index contributed by atoms with van der Waals surface area (Å²) in [6.07, 6.45) is 58.5. The Hall–Kier alpha value is -3.94. The summed E-state index contributed by atoms with van der Waals surface area (Å²) in [5.74, 6) is 7.36. The molecule has 3 fully saturated rings. The van der Waals surface area contributed by atoms with Gasteiger partial charge in [0.25, 0.3) is 0 Å². The quantitative estimate of drug-likeness (QED) is 0.0213. The van der Waals surface area contributed by atoms with Gasteiger partial charge in [-0.25, -0.2) is 4.79 Å². The lowest BCUT2D eigenvalue weighted by Crippen LogP contribution is -2.51. The van der Waals surface area contributed by atoms with E-state index in [2.05, 4.69) is 61.5 Å². The number of hydrogen-bond acceptors (Lipinski definition) is 8. The molecule has 0 heterocycles. The van der Waals surface area contributed by atoms with E-state index in [4.69, 9.17) is 28.4 Å². The molecule has 0 aliphatic heterocycles. The number of carbonyl (C=O) groups is 2. The van der Waals surface area contributed by atoms with Crippen LogP contribution >= 0.6 is 0 Å². The molecule has 0 aromatic heterocycles. The molecule has 6 rings (SSSR count). The Morgan fingerprint density at radius 3 is 1.61 bits per heavy atom. The highest BCUT2D eigenvalue weighted by Crippen LogP contribution is 2.67. The van der Waals surface area contributed by atoms with E-state index in [-0.39, 0.29) is 17.5 Å². The van der Waals surface area contributed by atoms with Crippen molar-refractivity contribution in [3.63, 3.8) is 0 Å². The molecule has 90 heavy (non-hydrogen) atoms. The van der Waals surface area contributed by atoms with E-state index in [1.165, 1.54) is 212 Å². The third kappa shape index (κ3) is 25.8. The molecule has 0 radical (unpaired) electrons. The third-order valence-electron chi connectivity index (χ3n) is 22.1. The van der Waals surface area contributed by atoms with E-state index in [0.29, 0.717) is 73.4 Å². The summed E-state index contributed by atoms with van der Waals surface area (Å²) in [5, 5.41) is 0. The molecule has 3 saturated carbocycles. The van der Waals surface area contributed by atoms with Crippen LogP contribution in [0.15, 0.2) is 54.1 Å². The first-order valence-electron chi connectivity index (χ1n) is 38.5. The summed E-state index contributed by atoms with van der Waals surface area (Å²) in [7, 11) is 0. The predicted octanol–water partition coefficient (Wildman–Crippen LogP) is 24.3. The van der Waals surface area contributed by atoms with Crippen LogP contribution in [-0.4, -0.2) is 44.5 Å². The van der Waals surface area contributed by atoms with Crippen LogP contribution in [0.3, 0.4) is 0 Å². The average molecular weight is 1250 g/mol. The highest BCUT2D eigenvalue weighted by molar-refractivity contribution is 5.89. The van der Waals surface area contributed by atoms with Gasteiger partial charge in [-0.1, -0.05) is 260 Å². The second kappa shape index (κ2) is 43.1. The third-order valence-corrected chi connectivity index (χ3v) is 22.1. The molecular formula is C82H134O8. The Kier molecular flexibility index (Phi) is 36.0. The Balaban J connectivity index is 0.977. The van der Waals surface area contributed by atoms with Gasteiger partial charge >= 0.3 is 11.9 Å². The zero-order valence-electron chi connectivity index (χ0n) is 59.2. The topological polar surface area (TPSA) is 89.5 Å². The van der Waals surface area contributed by atoms with Gasteiger partial charge in [0.1, 0.15) is 17.6 Å². The lowest BCUT2D eigenvalue weighted by Gasteiger charge is -2.58. The van der Waals surface area contributed by atoms with Crippen LogP contribution < -0.4 is 23.7 Å². The van der Waals surface area contributed by atoms with Crippen LogP contribution in [-0.2, 0) is 14.3 Å². The second-order valence-electron chi connectivity index (χ2n) is 29.7. The second-order valence-corrected chi connectivity index (χ2v) is 29.7. The fraction of sp³-hybridized carbons (Fsp3) is 0.780. The molecule has 0 spiro atoms. The Morgan fingerprint density at radius 2 is 1.04 bits per heavy atom. The summed E-state index contributed by atoms with van der Waals surface area (Å²) in [4.78, 5) is 26.8. The minimum absolute atomic E-state index is 0.0370. The van der Waals surface area contributed by atoms with Gasteiger partial charge in [0.05, 0.1) is 26.4 Å².